The smallest absolute Gasteiger partial charge is 0.254 e. The highest BCUT2D eigenvalue weighted by Gasteiger charge is 2.10. The highest BCUT2D eigenvalue weighted by molar-refractivity contribution is 5.52. The first-order valence-corrected chi connectivity index (χ1v) is 8.58. The Hall–Kier alpha value is -3.22. The number of benzene rings is 1. The summed E-state index contributed by atoms with van der Waals surface area (Å²) in [6, 6.07) is 8.57. The van der Waals surface area contributed by atoms with Crippen molar-refractivity contribution in [3.8, 4) is 0 Å². The van der Waals surface area contributed by atoms with E-state index in [9.17, 15) is 0 Å². The molecule has 0 bridgehead atoms. The number of hydrogen-bond acceptors (Lipinski definition) is 5. The van der Waals surface area contributed by atoms with Crippen molar-refractivity contribution in [1.82, 2.24) is 29.1 Å². The molecule has 0 radical (unpaired) electrons. The highest BCUT2D eigenvalue weighted by Crippen LogP contribution is 2.19. The van der Waals surface area contributed by atoms with E-state index in [4.69, 9.17) is 0 Å². The number of imidazole rings is 1. The lowest BCUT2D eigenvalue weighted by Gasteiger charge is -2.13. The molecule has 132 valence electrons. The van der Waals surface area contributed by atoms with Gasteiger partial charge in [-0.15, -0.1) is 0 Å². The van der Waals surface area contributed by atoms with Gasteiger partial charge in [-0.3, -0.25) is 0 Å². The number of aryl methyl sites for hydroxylation is 2. The first kappa shape index (κ1) is 16.3. The van der Waals surface area contributed by atoms with Gasteiger partial charge >= 0.3 is 0 Å². The van der Waals surface area contributed by atoms with Crippen molar-refractivity contribution in [2.45, 2.75) is 33.9 Å². The summed E-state index contributed by atoms with van der Waals surface area (Å²) in [5.41, 5.74) is 4.49. The summed E-state index contributed by atoms with van der Waals surface area (Å²) in [5, 5.41) is 7.78. The van der Waals surface area contributed by atoms with E-state index < -0.39 is 0 Å². The van der Waals surface area contributed by atoms with Crippen LogP contribution in [-0.4, -0.2) is 29.1 Å². The number of nitrogens with one attached hydrogen (secondary N) is 1. The molecule has 1 aromatic carbocycles. The molecule has 0 amide bonds. The summed E-state index contributed by atoms with van der Waals surface area (Å²) in [6.07, 6.45) is 5.37. The molecule has 0 atom stereocenters. The third-order valence-electron chi connectivity index (χ3n) is 4.64. The maximum Gasteiger partial charge on any atom is 0.254 e. The maximum atomic E-state index is 4.46. The van der Waals surface area contributed by atoms with E-state index in [2.05, 4.69) is 54.2 Å². The molecule has 4 aromatic rings. The van der Waals surface area contributed by atoms with Crippen molar-refractivity contribution in [3.63, 3.8) is 0 Å². The van der Waals surface area contributed by atoms with E-state index in [1.54, 1.807) is 4.52 Å². The lowest BCUT2D eigenvalue weighted by atomic mass is 10.1. The van der Waals surface area contributed by atoms with Gasteiger partial charge in [-0.05, 0) is 31.9 Å². The predicted molar refractivity (Wildman–Crippen MR) is 100 cm³/mol. The van der Waals surface area contributed by atoms with Crippen LogP contribution in [0.4, 0.5) is 5.82 Å². The average molecular weight is 347 g/mol. The molecule has 7 nitrogen and oxygen atoms in total. The first-order chi connectivity index (χ1) is 12.6. The van der Waals surface area contributed by atoms with Gasteiger partial charge in [0, 0.05) is 36.7 Å². The molecule has 0 unspecified atom stereocenters. The Morgan fingerprint density at radius 1 is 1.08 bits per heavy atom. The van der Waals surface area contributed by atoms with Crippen molar-refractivity contribution in [2.75, 3.05) is 5.32 Å². The molecule has 1 N–H and O–H groups in total. The van der Waals surface area contributed by atoms with Crippen molar-refractivity contribution < 1.29 is 0 Å². The van der Waals surface area contributed by atoms with Crippen LogP contribution in [0, 0.1) is 20.8 Å². The van der Waals surface area contributed by atoms with Crippen LogP contribution >= 0.6 is 0 Å². The van der Waals surface area contributed by atoms with Crippen molar-refractivity contribution in [3.05, 3.63) is 71.2 Å². The Labute approximate surface area is 151 Å². The standard InChI is InChI=1S/C19H21N7/c1-13-14(2)24-19-22-12-23-26(19)18(13)21-10-16-5-4-6-17(9-16)11-25-8-7-20-15(25)3/h4-9,12,21H,10-11H2,1-3H3. The van der Waals surface area contributed by atoms with Crippen LogP contribution in [0.2, 0.25) is 0 Å². The van der Waals surface area contributed by atoms with Gasteiger partial charge in [0.05, 0.1) is 0 Å². The summed E-state index contributed by atoms with van der Waals surface area (Å²) in [6.45, 7) is 7.58. The zero-order valence-corrected chi connectivity index (χ0v) is 15.1. The number of nitrogens with zero attached hydrogens (tertiary/aromatic N) is 6. The molecule has 3 aromatic heterocycles. The summed E-state index contributed by atoms with van der Waals surface area (Å²) in [4.78, 5) is 12.9. The van der Waals surface area contributed by atoms with E-state index in [0.29, 0.717) is 12.3 Å². The van der Waals surface area contributed by atoms with Gasteiger partial charge in [-0.1, -0.05) is 24.3 Å². The SMILES string of the molecule is Cc1nc2ncnn2c(NCc2cccc(Cn3ccnc3C)c2)c1C. The number of anilines is 1. The number of fused-ring (bicyclic) bond motifs is 1. The largest absolute Gasteiger partial charge is 0.366 e. The molecule has 0 aliphatic heterocycles. The molecule has 0 spiro atoms. The molecule has 0 aliphatic carbocycles. The van der Waals surface area contributed by atoms with Crippen LogP contribution in [0.5, 0.6) is 0 Å². The predicted octanol–water partition coefficient (Wildman–Crippen LogP) is 2.91. The highest BCUT2D eigenvalue weighted by atomic mass is 15.4. The molecule has 0 aliphatic rings. The summed E-state index contributed by atoms with van der Waals surface area (Å²) in [5.74, 6) is 2.56. The van der Waals surface area contributed by atoms with Crippen LogP contribution in [-0.2, 0) is 13.1 Å². The molecule has 26 heavy (non-hydrogen) atoms. The Morgan fingerprint density at radius 3 is 2.73 bits per heavy atom. The maximum absolute atomic E-state index is 4.46. The second-order valence-electron chi connectivity index (χ2n) is 6.42. The van der Waals surface area contributed by atoms with Gasteiger partial charge in [0.25, 0.3) is 5.78 Å². The monoisotopic (exact) mass is 347 g/mol. The van der Waals surface area contributed by atoms with Crippen LogP contribution in [0.1, 0.15) is 28.2 Å². The van der Waals surface area contributed by atoms with Crippen molar-refractivity contribution >= 4 is 11.6 Å². The molecular formula is C19H21N7. The van der Waals surface area contributed by atoms with E-state index in [1.165, 1.54) is 17.5 Å². The fraction of sp³-hybridized carbons (Fsp3) is 0.263. The third kappa shape index (κ3) is 3.03. The molecule has 3 heterocycles. The quantitative estimate of drug-likeness (QED) is 0.601. The Balaban J connectivity index is 1.56. The van der Waals surface area contributed by atoms with Gasteiger partial charge in [-0.25, -0.2) is 9.97 Å². The van der Waals surface area contributed by atoms with Gasteiger partial charge in [-0.2, -0.15) is 14.6 Å². The van der Waals surface area contributed by atoms with Crippen molar-refractivity contribution in [2.24, 2.45) is 0 Å². The third-order valence-corrected chi connectivity index (χ3v) is 4.64. The van der Waals surface area contributed by atoms with E-state index in [0.717, 1.165) is 29.4 Å². The number of aromatic nitrogens is 6. The topological polar surface area (TPSA) is 72.9 Å². The number of hydrogen-bond donors (Lipinski definition) is 1. The van der Waals surface area contributed by atoms with E-state index >= 15 is 0 Å². The van der Waals surface area contributed by atoms with Crippen molar-refractivity contribution in [1.29, 1.82) is 0 Å². The normalized spacial score (nSPS) is 11.2. The van der Waals surface area contributed by atoms with Gasteiger partial charge < -0.3 is 9.88 Å². The lowest BCUT2D eigenvalue weighted by molar-refractivity contribution is 0.760. The fourth-order valence-electron chi connectivity index (χ4n) is 3.03. The van der Waals surface area contributed by atoms with Crippen LogP contribution in [0.3, 0.4) is 0 Å². The molecule has 7 heteroatoms. The second-order valence-corrected chi connectivity index (χ2v) is 6.42. The zero-order valence-electron chi connectivity index (χ0n) is 15.1. The van der Waals surface area contributed by atoms with E-state index in [1.807, 2.05) is 33.2 Å². The van der Waals surface area contributed by atoms with E-state index in [-0.39, 0.29) is 0 Å². The molecule has 0 saturated carbocycles. The minimum absolute atomic E-state index is 0.611. The van der Waals surface area contributed by atoms with Crippen LogP contribution in [0.25, 0.3) is 5.78 Å². The Morgan fingerprint density at radius 2 is 1.92 bits per heavy atom. The summed E-state index contributed by atoms with van der Waals surface area (Å²) in [7, 11) is 0. The minimum atomic E-state index is 0.611. The molecule has 0 saturated heterocycles. The summed E-state index contributed by atoms with van der Waals surface area (Å²) >= 11 is 0. The average Bonchev–Trinajstić information content (AvgIpc) is 3.25. The van der Waals surface area contributed by atoms with Gasteiger partial charge in [0.1, 0.15) is 18.0 Å². The summed E-state index contributed by atoms with van der Waals surface area (Å²) < 4.78 is 3.89. The van der Waals surface area contributed by atoms with Gasteiger partial charge in [0.2, 0.25) is 0 Å². The number of rotatable bonds is 5. The zero-order chi connectivity index (χ0) is 18.1. The van der Waals surface area contributed by atoms with Crippen LogP contribution in [0.15, 0.2) is 43.0 Å². The Bertz CT molecular complexity index is 1060. The fourth-order valence-corrected chi connectivity index (χ4v) is 3.03. The van der Waals surface area contributed by atoms with Crippen LogP contribution < -0.4 is 5.32 Å². The second kappa shape index (κ2) is 6.59. The molecule has 0 fully saturated rings. The first-order valence-electron chi connectivity index (χ1n) is 8.58. The van der Waals surface area contributed by atoms with Gasteiger partial charge in [0.15, 0.2) is 0 Å². The molecule has 4 rings (SSSR count). The Kier molecular flexibility index (Phi) is 4.12. The lowest BCUT2D eigenvalue weighted by Crippen LogP contribution is -2.10. The molecular weight excluding hydrogens is 326 g/mol. The minimum Gasteiger partial charge on any atom is -0.366 e.